The molecule has 0 heterocycles. The second-order valence-electron chi connectivity index (χ2n) is 5.65. The molecule has 2 rings (SSSR count). The van der Waals surface area contributed by atoms with E-state index in [1.54, 1.807) is 42.5 Å². The van der Waals surface area contributed by atoms with Gasteiger partial charge in [0, 0.05) is 12.6 Å². The standard InChI is InChI=1S/C19H20N2O6/c1-21(12-16(22)23)20-19(25)27-17(15-10-6-3-7-11-15)18(24)26-13-14-8-4-2-5-9-14/h2-11,17H,12-13H2,1H3,(H,20,25)(H,22,23). The Morgan fingerprint density at radius 3 is 2.22 bits per heavy atom. The average molecular weight is 372 g/mol. The summed E-state index contributed by atoms with van der Waals surface area (Å²) in [4.78, 5) is 35.2. The van der Waals surface area contributed by atoms with Crippen LogP contribution in [0.1, 0.15) is 17.2 Å². The van der Waals surface area contributed by atoms with Crippen molar-refractivity contribution >= 4 is 18.0 Å². The van der Waals surface area contributed by atoms with Crippen molar-refractivity contribution in [2.24, 2.45) is 0 Å². The molecule has 27 heavy (non-hydrogen) atoms. The molecule has 8 nitrogen and oxygen atoms in total. The summed E-state index contributed by atoms with van der Waals surface area (Å²) in [7, 11) is 1.36. The van der Waals surface area contributed by atoms with Crippen molar-refractivity contribution in [3.8, 4) is 0 Å². The molecule has 0 aliphatic heterocycles. The van der Waals surface area contributed by atoms with E-state index in [1.165, 1.54) is 7.05 Å². The van der Waals surface area contributed by atoms with Crippen LogP contribution in [0.25, 0.3) is 0 Å². The second-order valence-corrected chi connectivity index (χ2v) is 5.65. The van der Waals surface area contributed by atoms with Gasteiger partial charge in [0.2, 0.25) is 6.10 Å². The fraction of sp³-hybridized carbons (Fsp3) is 0.211. The molecule has 0 saturated heterocycles. The minimum atomic E-state index is -1.28. The quantitative estimate of drug-likeness (QED) is 0.540. The zero-order valence-corrected chi connectivity index (χ0v) is 14.7. The van der Waals surface area contributed by atoms with Gasteiger partial charge in [-0.05, 0) is 5.56 Å². The number of likely N-dealkylation sites (N-methyl/N-ethyl adjacent to an activating group) is 1. The lowest BCUT2D eigenvalue weighted by Crippen LogP contribution is -2.43. The Balaban J connectivity index is 2.04. The Bertz CT molecular complexity index is 766. The smallest absolute Gasteiger partial charge is 0.423 e. The Kier molecular flexibility index (Phi) is 7.33. The van der Waals surface area contributed by atoms with Crippen LogP contribution in [0.4, 0.5) is 4.79 Å². The number of nitrogens with zero attached hydrogens (tertiary/aromatic N) is 1. The van der Waals surface area contributed by atoms with E-state index in [1.807, 2.05) is 18.2 Å². The Hall–Kier alpha value is -3.39. The lowest BCUT2D eigenvalue weighted by Gasteiger charge is -2.20. The lowest BCUT2D eigenvalue weighted by atomic mass is 10.1. The molecule has 2 aromatic rings. The molecule has 8 heteroatoms. The summed E-state index contributed by atoms with van der Waals surface area (Å²) in [5.41, 5.74) is 3.46. The first kappa shape index (κ1) is 19.9. The number of hydrazine groups is 1. The largest absolute Gasteiger partial charge is 0.480 e. The maximum Gasteiger partial charge on any atom is 0.423 e. The number of carboxylic acid groups (broad SMARTS) is 1. The van der Waals surface area contributed by atoms with Crippen LogP contribution >= 0.6 is 0 Å². The van der Waals surface area contributed by atoms with E-state index in [9.17, 15) is 14.4 Å². The third-order valence-electron chi connectivity index (χ3n) is 3.42. The van der Waals surface area contributed by atoms with Gasteiger partial charge >= 0.3 is 18.0 Å². The number of carbonyl (C=O) groups is 3. The highest BCUT2D eigenvalue weighted by Gasteiger charge is 2.27. The van der Waals surface area contributed by atoms with Gasteiger partial charge in [-0.15, -0.1) is 0 Å². The number of hydrogen-bond acceptors (Lipinski definition) is 6. The van der Waals surface area contributed by atoms with Gasteiger partial charge in [0.25, 0.3) is 0 Å². The first-order valence-corrected chi connectivity index (χ1v) is 8.11. The van der Waals surface area contributed by atoms with E-state index < -0.39 is 30.7 Å². The fourth-order valence-corrected chi connectivity index (χ4v) is 2.22. The molecule has 0 radical (unpaired) electrons. The molecule has 0 saturated carbocycles. The van der Waals surface area contributed by atoms with Crippen molar-refractivity contribution < 1.29 is 29.0 Å². The van der Waals surface area contributed by atoms with E-state index in [2.05, 4.69) is 5.43 Å². The average Bonchev–Trinajstić information content (AvgIpc) is 2.65. The van der Waals surface area contributed by atoms with Gasteiger partial charge in [0.15, 0.2) is 0 Å². The number of carbonyl (C=O) groups excluding carboxylic acids is 2. The molecule has 1 amide bonds. The zero-order valence-electron chi connectivity index (χ0n) is 14.7. The molecule has 0 aromatic heterocycles. The Labute approximate surface area is 156 Å². The summed E-state index contributed by atoms with van der Waals surface area (Å²) in [6, 6.07) is 17.5. The number of hydrogen-bond donors (Lipinski definition) is 2. The number of nitrogens with one attached hydrogen (secondary N) is 1. The predicted molar refractivity (Wildman–Crippen MR) is 95.3 cm³/mol. The minimum Gasteiger partial charge on any atom is -0.480 e. The summed E-state index contributed by atoms with van der Waals surface area (Å²) in [5.74, 6) is -1.86. The monoisotopic (exact) mass is 372 g/mol. The van der Waals surface area contributed by atoms with Crippen LogP contribution in [0.2, 0.25) is 0 Å². The number of carboxylic acids is 1. The van der Waals surface area contributed by atoms with Gasteiger partial charge in [0.1, 0.15) is 13.2 Å². The van der Waals surface area contributed by atoms with Crippen molar-refractivity contribution in [1.29, 1.82) is 0 Å². The van der Waals surface area contributed by atoms with E-state index in [4.69, 9.17) is 14.6 Å². The summed E-state index contributed by atoms with van der Waals surface area (Å²) >= 11 is 0. The normalized spacial score (nSPS) is 11.5. The molecular weight excluding hydrogens is 352 g/mol. The Morgan fingerprint density at radius 2 is 1.63 bits per heavy atom. The third-order valence-corrected chi connectivity index (χ3v) is 3.42. The van der Waals surface area contributed by atoms with Crippen LogP contribution in [-0.2, 0) is 25.7 Å². The van der Waals surface area contributed by atoms with Crippen LogP contribution in [-0.4, -0.2) is 41.7 Å². The minimum absolute atomic E-state index is 0.0346. The lowest BCUT2D eigenvalue weighted by molar-refractivity contribution is -0.156. The number of benzene rings is 2. The SMILES string of the molecule is CN(CC(=O)O)NC(=O)OC(C(=O)OCc1ccccc1)c1ccccc1. The fourth-order valence-electron chi connectivity index (χ4n) is 2.22. The maximum atomic E-state index is 12.5. The summed E-state index contributed by atoms with van der Waals surface area (Å²) in [6.45, 7) is -0.392. The van der Waals surface area contributed by atoms with E-state index in [0.29, 0.717) is 5.56 Å². The summed E-state index contributed by atoms with van der Waals surface area (Å²) in [5, 5.41) is 9.75. The van der Waals surface area contributed by atoms with Crippen molar-refractivity contribution in [2.45, 2.75) is 12.7 Å². The van der Waals surface area contributed by atoms with E-state index in [-0.39, 0.29) is 6.61 Å². The highest BCUT2D eigenvalue weighted by atomic mass is 16.6. The van der Waals surface area contributed by atoms with Gasteiger partial charge in [-0.25, -0.2) is 14.6 Å². The van der Waals surface area contributed by atoms with Crippen molar-refractivity contribution in [1.82, 2.24) is 10.4 Å². The predicted octanol–water partition coefficient (Wildman–Crippen LogP) is 2.13. The van der Waals surface area contributed by atoms with Crippen molar-refractivity contribution in [2.75, 3.05) is 13.6 Å². The zero-order chi connectivity index (χ0) is 19.6. The summed E-state index contributed by atoms with van der Waals surface area (Å²) in [6.07, 6.45) is -2.25. The van der Waals surface area contributed by atoms with Gasteiger partial charge in [0.05, 0.1) is 0 Å². The molecule has 1 atom stereocenters. The van der Waals surface area contributed by atoms with Crippen molar-refractivity contribution in [3.63, 3.8) is 0 Å². The van der Waals surface area contributed by atoms with Crippen LogP contribution < -0.4 is 5.43 Å². The molecule has 0 aliphatic carbocycles. The van der Waals surface area contributed by atoms with Gasteiger partial charge in [-0.3, -0.25) is 10.2 Å². The van der Waals surface area contributed by atoms with Gasteiger partial charge in [-0.1, -0.05) is 60.7 Å². The molecule has 0 spiro atoms. The van der Waals surface area contributed by atoms with Gasteiger partial charge < -0.3 is 14.6 Å². The van der Waals surface area contributed by atoms with Crippen LogP contribution in [0.3, 0.4) is 0 Å². The van der Waals surface area contributed by atoms with E-state index in [0.717, 1.165) is 10.6 Å². The van der Waals surface area contributed by atoms with Crippen LogP contribution in [0.5, 0.6) is 0 Å². The number of esters is 1. The number of rotatable bonds is 8. The van der Waals surface area contributed by atoms with E-state index >= 15 is 0 Å². The highest BCUT2D eigenvalue weighted by molar-refractivity contribution is 5.80. The third kappa shape index (κ3) is 6.79. The molecule has 0 bridgehead atoms. The number of amides is 1. The highest BCUT2D eigenvalue weighted by Crippen LogP contribution is 2.20. The molecular formula is C19H20N2O6. The maximum absolute atomic E-state index is 12.5. The summed E-state index contributed by atoms with van der Waals surface area (Å²) < 4.78 is 10.4. The van der Waals surface area contributed by atoms with Crippen molar-refractivity contribution in [3.05, 3.63) is 71.8 Å². The van der Waals surface area contributed by atoms with Crippen LogP contribution in [0, 0.1) is 0 Å². The number of ether oxygens (including phenoxy) is 2. The second kappa shape index (κ2) is 9.93. The molecule has 142 valence electrons. The molecule has 2 aromatic carbocycles. The molecule has 0 aliphatic rings. The van der Waals surface area contributed by atoms with Crippen LogP contribution in [0.15, 0.2) is 60.7 Å². The molecule has 2 N–H and O–H groups in total. The first-order chi connectivity index (χ1) is 13.0. The topological polar surface area (TPSA) is 105 Å². The van der Waals surface area contributed by atoms with Gasteiger partial charge in [-0.2, -0.15) is 0 Å². The first-order valence-electron chi connectivity index (χ1n) is 8.11. The molecule has 0 fully saturated rings. The number of aliphatic carboxylic acids is 1. The Morgan fingerprint density at radius 1 is 1.04 bits per heavy atom. The molecule has 1 unspecified atom stereocenters.